The molecule has 1 aliphatic heterocycles. The van der Waals surface area contributed by atoms with Gasteiger partial charge in [0.2, 0.25) is 6.10 Å². The van der Waals surface area contributed by atoms with Crippen LogP contribution in [0.2, 0.25) is 0 Å². The van der Waals surface area contributed by atoms with Gasteiger partial charge in [-0.15, -0.1) is 0 Å². The van der Waals surface area contributed by atoms with Gasteiger partial charge < -0.3 is 19.2 Å². The maximum Gasteiger partial charge on any atom is 0.491 e. The lowest BCUT2D eigenvalue weighted by molar-refractivity contribution is -0.151. The summed E-state index contributed by atoms with van der Waals surface area (Å²) in [5, 5.41) is 9.69. The van der Waals surface area contributed by atoms with E-state index in [1.807, 2.05) is 0 Å². The molecule has 1 heterocycles. The van der Waals surface area contributed by atoms with Crippen molar-refractivity contribution in [3.8, 4) is 0 Å². The number of ether oxygens (including phenoxy) is 2. The molecule has 1 N–H and O–H groups in total. The van der Waals surface area contributed by atoms with Crippen molar-refractivity contribution < 1.29 is 33.1 Å². The molecule has 1 atom stereocenters. The fourth-order valence-corrected chi connectivity index (χ4v) is 2.56. The van der Waals surface area contributed by atoms with Gasteiger partial charge in [0.15, 0.2) is 0 Å². The molecule has 0 saturated heterocycles. The van der Waals surface area contributed by atoms with Crippen molar-refractivity contribution in [3.05, 3.63) is 65.0 Å². The van der Waals surface area contributed by atoms with Crippen LogP contribution in [0.15, 0.2) is 42.5 Å². The number of halogens is 1. The van der Waals surface area contributed by atoms with Crippen molar-refractivity contribution >= 4 is 24.5 Å². The second-order valence-electron chi connectivity index (χ2n) is 5.41. The van der Waals surface area contributed by atoms with E-state index in [1.165, 1.54) is 6.07 Å². The molecule has 3 rings (SSSR count). The molecule has 0 radical (unpaired) electrons. The van der Waals surface area contributed by atoms with Crippen molar-refractivity contribution in [1.82, 2.24) is 0 Å². The first-order valence-corrected chi connectivity index (χ1v) is 7.47. The molecule has 2 aromatic rings. The minimum absolute atomic E-state index is 0.0531. The molecule has 2 aromatic carbocycles. The Hall–Kier alpha value is -2.71. The number of fused-ring (bicyclic) bond motifs is 1. The lowest BCUT2D eigenvalue weighted by Crippen LogP contribution is -2.30. The lowest BCUT2D eigenvalue weighted by atomic mass is 9.78. The minimum Gasteiger partial charge on any atom is -0.466 e. The fraction of sp³-hybridized carbons (Fsp3) is 0.176. The summed E-state index contributed by atoms with van der Waals surface area (Å²) in [5.41, 5.74) is 0.748. The monoisotopic (exact) mass is 344 g/mol. The van der Waals surface area contributed by atoms with Gasteiger partial charge >= 0.3 is 19.1 Å². The average molecular weight is 344 g/mol. The number of esters is 2. The number of hydrogen-bond acceptors (Lipinski definition) is 6. The van der Waals surface area contributed by atoms with Gasteiger partial charge in [-0.3, -0.25) is 0 Å². The first-order valence-electron chi connectivity index (χ1n) is 7.47. The minimum atomic E-state index is -1.33. The van der Waals surface area contributed by atoms with Crippen LogP contribution in [0.25, 0.3) is 0 Å². The van der Waals surface area contributed by atoms with Gasteiger partial charge in [0, 0.05) is 5.56 Å². The number of carbonyl (C=O) groups excluding carboxylic acids is 2. The van der Waals surface area contributed by atoms with Crippen LogP contribution in [0.5, 0.6) is 0 Å². The molecule has 1 aliphatic rings. The maximum atomic E-state index is 14.2. The zero-order chi connectivity index (χ0) is 18.0. The van der Waals surface area contributed by atoms with Crippen LogP contribution in [-0.4, -0.2) is 31.2 Å². The first kappa shape index (κ1) is 17.1. The maximum absolute atomic E-state index is 14.2. The quantitative estimate of drug-likeness (QED) is 0.661. The van der Waals surface area contributed by atoms with E-state index in [0.717, 1.165) is 13.2 Å². The molecule has 0 amide bonds. The summed E-state index contributed by atoms with van der Waals surface area (Å²) in [6.45, 7) is 0.0531. The number of methoxy groups -OCH3 is 1. The highest BCUT2D eigenvalue weighted by Crippen LogP contribution is 2.22. The zero-order valence-electron chi connectivity index (χ0n) is 13.3. The molecule has 0 saturated carbocycles. The number of carbonyl (C=O) groups is 2. The summed E-state index contributed by atoms with van der Waals surface area (Å²) >= 11 is 0. The van der Waals surface area contributed by atoms with Gasteiger partial charge in [-0.25, -0.2) is 14.0 Å². The van der Waals surface area contributed by atoms with Gasteiger partial charge in [-0.1, -0.05) is 30.3 Å². The Morgan fingerprint density at radius 1 is 1.28 bits per heavy atom. The Balaban J connectivity index is 1.90. The standard InChI is InChI=1S/C17H14BFO6/c1-23-17(21)15(10-5-3-2-4-6-10)25-16(20)12-8-13-11(7-14(12)19)9-24-18(13)22/h2-8,15,22H,9H2,1H3. The van der Waals surface area contributed by atoms with Crippen LogP contribution in [0, 0.1) is 5.82 Å². The van der Waals surface area contributed by atoms with Crippen molar-refractivity contribution in [1.29, 1.82) is 0 Å². The first-order chi connectivity index (χ1) is 12.0. The molecule has 128 valence electrons. The summed E-state index contributed by atoms with van der Waals surface area (Å²) in [4.78, 5) is 24.3. The molecule has 0 aromatic heterocycles. The Bertz CT molecular complexity index is 810. The summed E-state index contributed by atoms with van der Waals surface area (Å²) in [5.74, 6) is -2.65. The van der Waals surface area contributed by atoms with Gasteiger partial charge in [0.1, 0.15) is 5.82 Å². The predicted octanol–water partition coefficient (Wildman–Crippen LogP) is 1.11. The Morgan fingerprint density at radius 2 is 2.00 bits per heavy atom. The molecule has 0 spiro atoms. The zero-order valence-corrected chi connectivity index (χ0v) is 13.3. The summed E-state index contributed by atoms with van der Waals surface area (Å²) in [6, 6.07) is 10.5. The predicted molar refractivity (Wildman–Crippen MR) is 85.4 cm³/mol. The van der Waals surface area contributed by atoms with Crippen molar-refractivity contribution in [3.63, 3.8) is 0 Å². The summed E-state index contributed by atoms with van der Waals surface area (Å²) in [6.07, 6.45) is -1.33. The fourth-order valence-electron chi connectivity index (χ4n) is 2.56. The molecule has 8 heteroatoms. The second kappa shape index (κ2) is 7.04. The third-order valence-electron chi connectivity index (χ3n) is 3.85. The summed E-state index contributed by atoms with van der Waals surface area (Å²) in [7, 11) is -0.0665. The lowest BCUT2D eigenvalue weighted by Gasteiger charge is -2.16. The average Bonchev–Trinajstić information content (AvgIpc) is 2.98. The van der Waals surface area contributed by atoms with Crippen LogP contribution in [0.3, 0.4) is 0 Å². The van der Waals surface area contributed by atoms with E-state index >= 15 is 0 Å². The molecule has 0 fully saturated rings. The molecule has 0 bridgehead atoms. The normalized spacial score (nSPS) is 14.0. The van der Waals surface area contributed by atoms with Crippen LogP contribution in [0.1, 0.15) is 27.6 Å². The second-order valence-corrected chi connectivity index (χ2v) is 5.41. The van der Waals surface area contributed by atoms with Crippen LogP contribution in [0.4, 0.5) is 4.39 Å². The van der Waals surface area contributed by atoms with E-state index in [4.69, 9.17) is 9.39 Å². The Morgan fingerprint density at radius 3 is 2.68 bits per heavy atom. The topological polar surface area (TPSA) is 82.1 Å². The van der Waals surface area contributed by atoms with E-state index in [0.29, 0.717) is 16.6 Å². The highest BCUT2D eigenvalue weighted by Gasteiger charge is 2.32. The van der Waals surface area contributed by atoms with Crippen molar-refractivity contribution in [2.45, 2.75) is 12.7 Å². The largest absolute Gasteiger partial charge is 0.491 e. The molecule has 0 aliphatic carbocycles. The van der Waals surface area contributed by atoms with Crippen molar-refractivity contribution in [2.75, 3.05) is 7.11 Å². The molecule has 1 unspecified atom stereocenters. The SMILES string of the molecule is COC(=O)C(OC(=O)c1cc2c(cc1F)COB2O)c1ccccc1. The Kier molecular flexibility index (Phi) is 4.82. The molecule has 25 heavy (non-hydrogen) atoms. The molecular formula is C17H14BFO6. The van der Waals surface area contributed by atoms with Gasteiger partial charge in [0.25, 0.3) is 0 Å². The van der Waals surface area contributed by atoms with Gasteiger partial charge in [-0.05, 0) is 23.2 Å². The van der Waals surface area contributed by atoms with Crippen molar-refractivity contribution in [2.24, 2.45) is 0 Å². The van der Waals surface area contributed by atoms with E-state index in [1.54, 1.807) is 30.3 Å². The third-order valence-corrected chi connectivity index (χ3v) is 3.85. The highest BCUT2D eigenvalue weighted by atomic mass is 19.1. The van der Waals surface area contributed by atoms with E-state index in [2.05, 4.69) is 4.74 Å². The van der Waals surface area contributed by atoms with Gasteiger partial charge in [0.05, 0.1) is 19.3 Å². The van der Waals surface area contributed by atoms with E-state index in [9.17, 15) is 19.0 Å². The number of rotatable bonds is 4. The third kappa shape index (κ3) is 3.40. The van der Waals surface area contributed by atoms with E-state index in [-0.39, 0.29) is 6.61 Å². The van der Waals surface area contributed by atoms with E-state index < -0.39 is 36.5 Å². The smallest absolute Gasteiger partial charge is 0.466 e. The Labute approximate surface area is 143 Å². The van der Waals surface area contributed by atoms with Crippen LogP contribution >= 0.6 is 0 Å². The highest BCUT2D eigenvalue weighted by molar-refractivity contribution is 6.61. The number of benzene rings is 2. The molecular weight excluding hydrogens is 330 g/mol. The van der Waals surface area contributed by atoms with Gasteiger partial charge in [-0.2, -0.15) is 0 Å². The van der Waals surface area contributed by atoms with Crippen LogP contribution in [-0.2, 0) is 25.5 Å². The van der Waals surface area contributed by atoms with Crippen LogP contribution < -0.4 is 5.46 Å². The number of hydrogen-bond donors (Lipinski definition) is 1. The summed E-state index contributed by atoms with van der Waals surface area (Å²) < 4.78 is 29.0. The molecule has 6 nitrogen and oxygen atoms in total.